The van der Waals surface area contributed by atoms with Crippen LogP contribution < -0.4 is 5.84 Å². The minimum Gasteiger partial charge on any atom is -0.231 e. The molecular weight excluding hydrogens is 102 g/mol. The van der Waals surface area contributed by atoms with Crippen LogP contribution in [0.25, 0.3) is 0 Å². The molecule has 1 rings (SSSR count). The first-order valence-corrected chi connectivity index (χ1v) is 2.53. The second-order valence-electron chi connectivity index (χ2n) is 1.77. The van der Waals surface area contributed by atoms with E-state index in [9.17, 15) is 0 Å². The van der Waals surface area contributed by atoms with Crippen LogP contribution in [0, 0.1) is 0 Å². The van der Waals surface area contributed by atoms with E-state index in [1.54, 1.807) is 0 Å². The molecule has 3 nitrogen and oxygen atoms in total. The average Bonchev–Trinajstić information content (AvgIpc) is 1.64. The highest BCUT2D eigenvalue weighted by atomic mass is 15.6. The molecule has 1 aliphatic rings. The summed E-state index contributed by atoms with van der Waals surface area (Å²) in [5.74, 6) is 5.32. The van der Waals surface area contributed by atoms with E-state index in [-0.39, 0.29) is 0 Å². The number of nitrogens with zero attached hydrogens (tertiary/aromatic N) is 2. The Kier molecular flexibility index (Phi) is 1.30. The molecule has 0 amide bonds. The highest BCUT2D eigenvalue weighted by Crippen LogP contribution is 1.91. The Hall–Kier alpha value is -0.830. The van der Waals surface area contributed by atoms with E-state index in [0.717, 1.165) is 12.3 Å². The molecule has 44 valence electrons. The number of rotatable bonds is 0. The van der Waals surface area contributed by atoms with E-state index < -0.39 is 0 Å². The monoisotopic (exact) mass is 111 g/mol. The minimum absolute atomic E-state index is 0.720. The van der Waals surface area contributed by atoms with Crippen molar-refractivity contribution in [3.8, 4) is 0 Å². The molecule has 0 bridgehead atoms. The van der Waals surface area contributed by atoms with Gasteiger partial charge in [-0.25, -0.2) is 11.0 Å². The van der Waals surface area contributed by atoms with E-state index >= 15 is 0 Å². The lowest BCUT2D eigenvalue weighted by atomic mass is 10.3. The Morgan fingerprint density at radius 2 is 2.62 bits per heavy atom. The van der Waals surface area contributed by atoms with Crippen LogP contribution in [0.5, 0.6) is 0 Å². The number of hydrogen-bond donors (Lipinski definition) is 1. The fourth-order valence-corrected chi connectivity index (χ4v) is 0.608. The Morgan fingerprint density at radius 1 is 1.88 bits per heavy atom. The van der Waals surface area contributed by atoms with Gasteiger partial charge in [-0.15, -0.1) is 0 Å². The van der Waals surface area contributed by atoms with Crippen molar-refractivity contribution in [3.63, 3.8) is 0 Å². The summed E-state index contributed by atoms with van der Waals surface area (Å²) in [5.41, 5.74) is 0.957. The van der Waals surface area contributed by atoms with Crippen LogP contribution in [0.15, 0.2) is 17.3 Å². The van der Waals surface area contributed by atoms with E-state index in [1.165, 1.54) is 5.12 Å². The molecule has 1 aliphatic heterocycles. The van der Waals surface area contributed by atoms with E-state index in [4.69, 9.17) is 5.84 Å². The predicted octanol–water partition coefficient (Wildman–Crippen LogP) is 0.108. The Bertz CT molecular complexity index is 137. The topological polar surface area (TPSA) is 41.6 Å². The van der Waals surface area contributed by atoms with Crippen LogP contribution in [-0.4, -0.2) is 17.4 Å². The summed E-state index contributed by atoms with van der Waals surface area (Å²) in [6, 6.07) is 0. The van der Waals surface area contributed by atoms with Crippen molar-refractivity contribution in [2.75, 3.05) is 6.54 Å². The second-order valence-corrected chi connectivity index (χ2v) is 1.77. The highest BCUT2D eigenvalue weighted by Gasteiger charge is 1.94. The van der Waals surface area contributed by atoms with Crippen LogP contribution >= 0.6 is 0 Å². The zero-order valence-corrected chi connectivity index (χ0v) is 4.83. The Balaban J connectivity index is 2.63. The van der Waals surface area contributed by atoms with Crippen LogP contribution in [0.1, 0.15) is 6.92 Å². The first-order valence-electron chi connectivity index (χ1n) is 2.53. The predicted molar refractivity (Wildman–Crippen MR) is 33.1 cm³/mol. The molecule has 8 heavy (non-hydrogen) atoms. The number of hydrazone groups is 1. The maximum absolute atomic E-state index is 5.32. The maximum Gasteiger partial charge on any atom is 0.0715 e. The van der Waals surface area contributed by atoms with E-state index in [2.05, 4.69) is 5.10 Å². The molecule has 0 saturated carbocycles. The Morgan fingerprint density at radius 3 is 3.00 bits per heavy atom. The molecular formula is C5H9N3. The van der Waals surface area contributed by atoms with Crippen LogP contribution in [-0.2, 0) is 0 Å². The van der Waals surface area contributed by atoms with E-state index in [0.29, 0.717) is 0 Å². The highest BCUT2D eigenvalue weighted by molar-refractivity contribution is 5.92. The van der Waals surface area contributed by atoms with Gasteiger partial charge in [-0.05, 0) is 13.0 Å². The van der Waals surface area contributed by atoms with Gasteiger partial charge in [-0.1, -0.05) is 6.08 Å². The fraction of sp³-hybridized carbons (Fsp3) is 0.400. The number of allylic oxidation sites excluding steroid dienone is 1. The SMILES string of the molecule is CC1=NN(N)CC=C1. The van der Waals surface area contributed by atoms with Crippen molar-refractivity contribution in [2.24, 2.45) is 10.9 Å². The van der Waals surface area contributed by atoms with E-state index in [1.807, 2.05) is 19.1 Å². The van der Waals surface area contributed by atoms with Gasteiger partial charge in [-0.3, -0.25) is 0 Å². The minimum atomic E-state index is 0.720. The molecule has 0 saturated heterocycles. The summed E-state index contributed by atoms with van der Waals surface area (Å²) in [7, 11) is 0. The summed E-state index contributed by atoms with van der Waals surface area (Å²) in [4.78, 5) is 0. The van der Waals surface area contributed by atoms with Crippen molar-refractivity contribution < 1.29 is 0 Å². The lowest BCUT2D eigenvalue weighted by Gasteiger charge is -2.12. The third-order valence-electron chi connectivity index (χ3n) is 0.938. The van der Waals surface area contributed by atoms with Gasteiger partial charge in [-0.2, -0.15) is 5.10 Å². The third-order valence-corrected chi connectivity index (χ3v) is 0.938. The molecule has 0 unspecified atom stereocenters. The molecule has 0 spiro atoms. The molecule has 0 aromatic carbocycles. The molecule has 3 heteroatoms. The normalized spacial score (nSPS) is 18.8. The smallest absolute Gasteiger partial charge is 0.0715 e. The van der Waals surface area contributed by atoms with Crippen molar-refractivity contribution in [3.05, 3.63) is 12.2 Å². The molecule has 0 aliphatic carbocycles. The maximum atomic E-state index is 5.32. The average molecular weight is 111 g/mol. The standard InChI is InChI=1S/C5H9N3/c1-5-3-2-4-8(6)7-5/h2-3H,4,6H2,1H3. The van der Waals surface area contributed by atoms with Gasteiger partial charge in [0.25, 0.3) is 0 Å². The largest absolute Gasteiger partial charge is 0.231 e. The van der Waals surface area contributed by atoms with Gasteiger partial charge in [0, 0.05) is 0 Å². The van der Waals surface area contributed by atoms with Crippen molar-refractivity contribution in [1.82, 2.24) is 5.12 Å². The molecule has 0 radical (unpaired) electrons. The number of hydrogen-bond acceptors (Lipinski definition) is 3. The number of nitrogens with two attached hydrogens (primary N) is 1. The molecule has 0 atom stereocenters. The first-order chi connectivity index (χ1) is 3.79. The molecule has 0 fully saturated rings. The molecule has 1 heterocycles. The van der Waals surface area contributed by atoms with Crippen LogP contribution in [0.3, 0.4) is 0 Å². The summed E-state index contributed by atoms with van der Waals surface area (Å²) in [6.07, 6.45) is 3.92. The van der Waals surface area contributed by atoms with Crippen molar-refractivity contribution >= 4 is 5.71 Å². The van der Waals surface area contributed by atoms with Gasteiger partial charge < -0.3 is 0 Å². The fourth-order valence-electron chi connectivity index (χ4n) is 0.608. The summed E-state index contributed by atoms with van der Waals surface area (Å²) >= 11 is 0. The van der Waals surface area contributed by atoms with Gasteiger partial charge in [0.05, 0.1) is 12.3 Å². The Labute approximate surface area is 48.4 Å². The zero-order valence-electron chi connectivity index (χ0n) is 4.83. The second kappa shape index (κ2) is 1.96. The lowest BCUT2D eigenvalue weighted by molar-refractivity contribution is 0.330. The first kappa shape index (κ1) is 5.31. The van der Waals surface area contributed by atoms with Crippen molar-refractivity contribution in [1.29, 1.82) is 0 Å². The summed E-state index contributed by atoms with van der Waals surface area (Å²) in [5, 5.41) is 5.34. The zero-order chi connectivity index (χ0) is 5.98. The van der Waals surface area contributed by atoms with Gasteiger partial charge in [0.1, 0.15) is 0 Å². The summed E-state index contributed by atoms with van der Waals surface area (Å²) in [6.45, 7) is 2.63. The van der Waals surface area contributed by atoms with Gasteiger partial charge >= 0.3 is 0 Å². The van der Waals surface area contributed by atoms with Gasteiger partial charge in [0.2, 0.25) is 0 Å². The number of hydrazine groups is 1. The summed E-state index contributed by atoms with van der Waals surface area (Å²) < 4.78 is 0. The van der Waals surface area contributed by atoms with Crippen LogP contribution in [0.2, 0.25) is 0 Å². The molecule has 2 N–H and O–H groups in total. The van der Waals surface area contributed by atoms with Crippen LogP contribution in [0.4, 0.5) is 0 Å². The molecule has 0 aromatic rings. The quantitative estimate of drug-likeness (QED) is 0.451. The van der Waals surface area contributed by atoms with Gasteiger partial charge in [0.15, 0.2) is 0 Å². The third kappa shape index (κ3) is 1.07. The lowest BCUT2D eigenvalue weighted by Crippen LogP contribution is -2.28. The van der Waals surface area contributed by atoms with Crippen molar-refractivity contribution in [2.45, 2.75) is 6.92 Å². The molecule has 0 aromatic heterocycles.